The zero-order valence-electron chi connectivity index (χ0n) is 17.9. The fraction of sp³-hybridized carbons (Fsp3) is 0.480. The lowest BCUT2D eigenvalue weighted by molar-refractivity contribution is -0.139. The molecule has 1 aliphatic carbocycles. The minimum Gasteiger partial charge on any atom is -0.379 e. The van der Waals surface area contributed by atoms with E-state index in [-0.39, 0.29) is 17.2 Å². The van der Waals surface area contributed by atoms with Gasteiger partial charge in [0.15, 0.2) is 5.65 Å². The van der Waals surface area contributed by atoms with Crippen LogP contribution in [-0.2, 0) is 21.4 Å². The third kappa shape index (κ3) is 4.09. The largest absolute Gasteiger partial charge is 0.379 e. The second-order valence-electron chi connectivity index (χ2n) is 8.96. The van der Waals surface area contributed by atoms with Crippen LogP contribution in [-0.4, -0.2) is 51.7 Å². The first kappa shape index (κ1) is 20.2. The van der Waals surface area contributed by atoms with E-state index < -0.39 is 0 Å². The van der Waals surface area contributed by atoms with Gasteiger partial charge in [0.05, 0.1) is 24.3 Å². The smallest absolute Gasteiger partial charge is 0.233 e. The van der Waals surface area contributed by atoms with E-state index in [4.69, 9.17) is 4.74 Å². The van der Waals surface area contributed by atoms with Crippen LogP contribution in [0.3, 0.4) is 0 Å². The molecule has 0 bridgehead atoms. The van der Waals surface area contributed by atoms with Crippen molar-refractivity contribution in [2.45, 2.75) is 43.9 Å². The zero-order chi connectivity index (χ0) is 21.1. The molecule has 1 saturated carbocycles. The van der Waals surface area contributed by atoms with E-state index in [0.29, 0.717) is 19.8 Å². The molecular formula is C25H30N4O2. The van der Waals surface area contributed by atoms with Gasteiger partial charge in [0.2, 0.25) is 5.91 Å². The molecule has 5 rings (SSSR count). The number of hydrogen-bond acceptors (Lipinski definition) is 4. The highest BCUT2D eigenvalue weighted by atomic mass is 16.5. The van der Waals surface area contributed by atoms with E-state index in [1.165, 1.54) is 12.0 Å². The predicted molar refractivity (Wildman–Crippen MR) is 119 cm³/mol. The van der Waals surface area contributed by atoms with Crippen molar-refractivity contribution < 1.29 is 9.53 Å². The summed E-state index contributed by atoms with van der Waals surface area (Å²) in [6.45, 7) is 2.64. The van der Waals surface area contributed by atoms with Gasteiger partial charge < -0.3 is 9.64 Å². The van der Waals surface area contributed by atoms with Crippen LogP contribution in [0.2, 0.25) is 0 Å². The van der Waals surface area contributed by atoms with Crippen molar-refractivity contribution in [3.8, 4) is 0 Å². The van der Waals surface area contributed by atoms with E-state index in [0.717, 1.165) is 50.0 Å². The number of benzene rings is 1. The van der Waals surface area contributed by atoms with Gasteiger partial charge in [-0.05, 0) is 37.0 Å². The highest BCUT2D eigenvalue weighted by Crippen LogP contribution is 2.41. The number of carbonyl (C=O) groups is 1. The molecule has 2 aliphatic rings. The van der Waals surface area contributed by atoms with Crippen LogP contribution in [0.25, 0.3) is 5.65 Å². The average molecular weight is 419 g/mol. The van der Waals surface area contributed by atoms with Gasteiger partial charge in [-0.25, -0.2) is 9.50 Å². The zero-order valence-corrected chi connectivity index (χ0v) is 17.9. The first-order valence-corrected chi connectivity index (χ1v) is 11.5. The van der Waals surface area contributed by atoms with Gasteiger partial charge in [0.1, 0.15) is 0 Å². The summed E-state index contributed by atoms with van der Waals surface area (Å²) in [6, 6.07) is 14.5. The van der Waals surface area contributed by atoms with Gasteiger partial charge in [-0.15, -0.1) is 0 Å². The minimum absolute atomic E-state index is 0.233. The van der Waals surface area contributed by atoms with Gasteiger partial charge in [0.25, 0.3) is 0 Å². The van der Waals surface area contributed by atoms with Crippen LogP contribution in [0.5, 0.6) is 0 Å². The van der Waals surface area contributed by atoms with Gasteiger partial charge in [-0.3, -0.25) is 4.79 Å². The maximum Gasteiger partial charge on any atom is 0.233 e. The Morgan fingerprint density at radius 2 is 1.94 bits per heavy atom. The lowest BCUT2D eigenvalue weighted by Gasteiger charge is -2.40. The van der Waals surface area contributed by atoms with Crippen LogP contribution in [0.4, 0.5) is 0 Å². The molecule has 162 valence electrons. The van der Waals surface area contributed by atoms with Crippen molar-refractivity contribution in [1.29, 1.82) is 0 Å². The van der Waals surface area contributed by atoms with Crippen LogP contribution in [0.15, 0.2) is 54.9 Å². The van der Waals surface area contributed by atoms with Gasteiger partial charge in [-0.1, -0.05) is 49.6 Å². The molecule has 0 spiro atoms. The Balaban J connectivity index is 1.37. The number of nitrogens with zero attached hydrogens (tertiary/aromatic N) is 4. The average Bonchev–Trinajstić information content (AvgIpc) is 3.17. The molecule has 2 aromatic heterocycles. The van der Waals surface area contributed by atoms with E-state index in [2.05, 4.69) is 39.2 Å². The molecule has 0 radical (unpaired) electrons. The summed E-state index contributed by atoms with van der Waals surface area (Å²) in [5, 5.41) is 4.68. The molecule has 3 aromatic rings. The van der Waals surface area contributed by atoms with E-state index in [1.54, 1.807) is 6.20 Å². The molecule has 1 aliphatic heterocycles. The fourth-order valence-corrected chi connectivity index (χ4v) is 5.29. The number of carbonyl (C=O) groups excluding carboxylic acids is 1. The highest BCUT2D eigenvalue weighted by Gasteiger charge is 2.44. The van der Waals surface area contributed by atoms with E-state index >= 15 is 0 Å². The first-order chi connectivity index (χ1) is 15.2. The Hall–Kier alpha value is -2.73. The summed E-state index contributed by atoms with van der Waals surface area (Å²) < 4.78 is 7.73. The van der Waals surface area contributed by atoms with E-state index in [9.17, 15) is 4.79 Å². The maximum absolute atomic E-state index is 14.0. The van der Waals surface area contributed by atoms with Gasteiger partial charge in [0, 0.05) is 31.4 Å². The van der Waals surface area contributed by atoms with Crippen LogP contribution >= 0.6 is 0 Å². The fourth-order valence-electron chi connectivity index (χ4n) is 5.29. The standard InChI is InChI=1S/C25H30N4O2/c30-24(25(11-5-2-6-12-25)21-7-3-1-4-8-21)28-15-16-31-19-20(18-28)17-22-9-10-23-26-13-14-29(23)27-22/h1,3-4,7-10,13-14,20H,2,5-6,11-12,15-19H2. The number of hydrogen-bond donors (Lipinski definition) is 0. The van der Waals surface area contributed by atoms with Crippen LogP contribution in [0, 0.1) is 5.92 Å². The van der Waals surface area contributed by atoms with E-state index in [1.807, 2.05) is 28.9 Å². The molecule has 3 heterocycles. The van der Waals surface area contributed by atoms with Crippen molar-refractivity contribution in [3.05, 3.63) is 66.1 Å². The summed E-state index contributed by atoms with van der Waals surface area (Å²) in [7, 11) is 0. The Morgan fingerprint density at radius 1 is 1.10 bits per heavy atom. The quantitative estimate of drug-likeness (QED) is 0.649. The molecule has 31 heavy (non-hydrogen) atoms. The van der Waals surface area contributed by atoms with Crippen molar-refractivity contribution in [2.75, 3.05) is 26.3 Å². The predicted octanol–water partition coefficient (Wildman–Crippen LogP) is 3.65. The number of ether oxygens (including phenoxy) is 1. The summed E-state index contributed by atoms with van der Waals surface area (Å²) in [5.41, 5.74) is 2.64. The van der Waals surface area contributed by atoms with Gasteiger partial charge >= 0.3 is 0 Å². The molecule has 0 N–H and O–H groups in total. The molecular weight excluding hydrogens is 388 g/mol. The Morgan fingerprint density at radius 3 is 2.77 bits per heavy atom. The van der Waals surface area contributed by atoms with Crippen molar-refractivity contribution in [2.24, 2.45) is 5.92 Å². The molecule has 1 amide bonds. The van der Waals surface area contributed by atoms with Crippen molar-refractivity contribution in [1.82, 2.24) is 19.5 Å². The van der Waals surface area contributed by atoms with Crippen molar-refractivity contribution in [3.63, 3.8) is 0 Å². The van der Waals surface area contributed by atoms with Crippen molar-refractivity contribution >= 4 is 11.6 Å². The third-order valence-corrected chi connectivity index (χ3v) is 6.88. The first-order valence-electron chi connectivity index (χ1n) is 11.5. The summed E-state index contributed by atoms with van der Waals surface area (Å²) in [6.07, 6.45) is 9.74. The molecule has 1 saturated heterocycles. The Bertz CT molecular complexity index is 1030. The molecule has 6 heteroatoms. The molecule has 1 atom stereocenters. The van der Waals surface area contributed by atoms with Gasteiger partial charge in [-0.2, -0.15) is 5.10 Å². The monoisotopic (exact) mass is 418 g/mol. The lowest BCUT2D eigenvalue weighted by atomic mass is 9.68. The number of rotatable bonds is 4. The normalized spacial score (nSPS) is 21.7. The summed E-state index contributed by atoms with van der Waals surface area (Å²) in [4.78, 5) is 20.4. The number of imidazole rings is 1. The second-order valence-corrected chi connectivity index (χ2v) is 8.96. The molecule has 2 fully saturated rings. The third-order valence-electron chi connectivity index (χ3n) is 6.88. The second kappa shape index (κ2) is 8.79. The molecule has 1 unspecified atom stereocenters. The topological polar surface area (TPSA) is 59.7 Å². The number of fused-ring (bicyclic) bond motifs is 1. The Kier molecular flexibility index (Phi) is 5.72. The van der Waals surface area contributed by atoms with Crippen LogP contribution < -0.4 is 0 Å². The number of amides is 1. The summed E-state index contributed by atoms with van der Waals surface area (Å²) in [5.74, 6) is 0.517. The lowest BCUT2D eigenvalue weighted by Crippen LogP contribution is -2.50. The minimum atomic E-state index is -0.387. The summed E-state index contributed by atoms with van der Waals surface area (Å²) >= 11 is 0. The highest BCUT2D eigenvalue weighted by molar-refractivity contribution is 5.88. The molecule has 1 aromatic carbocycles. The Labute approximate surface area is 183 Å². The SMILES string of the molecule is O=C(N1CCOCC(Cc2ccc3nccn3n2)C1)C1(c2ccccc2)CCCCC1. The van der Waals surface area contributed by atoms with Crippen LogP contribution in [0.1, 0.15) is 43.4 Å². The molecule has 6 nitrogen and oxygen atoms in total. The number of aromatic nitrogens is 3. The maximum atomic E-state index is 14.0.